The van der Waals surface area contributed by atoms with Gasteiger partial charge in [-0.15, -0.1) is 0 Å². The summed E-state index contributed by atoms with van der Waals surface area (Å²) in [5.41, 5.74) is 1.79. The summed E-state index contributed by atoms with van der Waals surface area (Å²) < 4.78 is 39.8. The predicted molar refractivity (Wildman–Crippen MR) is 75.9 cm³/mol. The molecule has 0 heterocycles. The second kappa shape index (κ2) is 8.52. The Morgan fingerprint density at radius 2 is 2.04 bits per heavy atom. The van der Waals surface area contributed by atoms with Crippen LogP contribution in [-0.4, -0.2) is 42.9 Å². The average molecular weight is 333 g/mol. The summed E-state index contributed by atoms with van der Waals surface area (Å²) in [5.74, 6) is -2.75. The third kappa shape index (κ3) is 8.20. The number of alkyl halides is 3. The highest BCUT2D eigenvalue weighted by molar-refractivity contribution is 5.78. The topological polar surface area (TPSA) is 75.6 Å². The van der Waals surface area contributed by atoms with Crippen LogP contribution in [0, 0.1) is 12.8 Å². The van der Waals surface area contributed by atoms with Gasteiger partial charge in [0.15, 0.2) is 0 Å². The molecule has 0 saturated carbocycles. The number of rotatable bonds is 8. The highest BCUT2D eigenvalue weighted by atomic mass is 19.4. The Hall–Kier alpha value is -2.09. The number of carboxylic acid groups (broad SMARTS) is 1. The van der Waals surface area contributed by atoms with E-state index in [1.54, 1.807) is 12.1 Å². The molecule has 1 atom stereocenters. The molecule has 0 aromatic heterocycles. The van der Waals surface area contributed by atoms with Crippen LogP contribution in [0.1, 0.15) is 11.1 Å². The third-order valence-electron chi connectivity index (χ3n) is 2.96. The molecule has 1 unspecified atom stereocenters. The van der Waals surface area contributed by atoms with E-state index >= 15 is 0 Å². The number of hydrogen-bond donors (Lipinski definition) is 2. The molecule has 2 N–H and O–H groups in total. The van der Waals surface area contributed by atoms with Crippen LogP contribution in [0.2, 0.25) is 0 Å². The van der Waals surface area contributed by atoms with Crippen LogP contribution in [0.4, 0.5) is 13.2 Å². The lowest BCUT2D eigenvalue weighted by molar-refractivity contribution is -0.175. The Morgan fingerprint density at radius 3 is 2.61 bits per heavy atom. The Bertz CT molecular complexity index is 546. The number of benzene rings is 1. The van der Waals surface area contributed by atoms with Gasteiger partial charge in [-0.1, -0.05) is 29.8 Å². The van der Waals surface area contributed by atoms with Gasteiger partial charge in [0.05, 0.1) is 5.92 Å². The van der Waals surface area contributed by atoms with Crippen molar-refractivity contribution in [2.24, 2.45) is 5.92 Å². The van der Waals surface area contributed by atoms with Crippen LogP contribution >= 0.6 is 0 Å². The van der Waals surface area contributed by atoms with Gasteiger partial charge in [-0.3, -0.25) is 9.59 Å². The molecule has 0 spiro atoms. The fourth-order valence-corrected chi connectivity index (χ4v) is 1.92. The minimum atomic E-state index is -4.50. The van der Waals surface area contributed by atoms with Crippen molar-refractivity contribution in [3.05, 3.63) is 35.4 Å². The zero-order valence-corrected chi connectivity index (χ0v) is 12.5. The second-order valence-corrected chi connectivity index (χ2v) is 5.14. The average Bonchev–Trinajstić information content (AvgIpc) is 2.41. The van der Waals surface area contributed by atoms with Crippen molar-refractivity contribution < 1.29 is 32.6 Å². The molecule has 0 fully saturated rings. The summed E-state index contributed by atoms with van der Waals surface area (Å²) in [4.78, 5) is 22.6. The van der Waals surface area contributed by atoms with E-state index in [9.17, 15) is 22.8 Å². The van der Waals surface area contributed by atoms with Crippen molar-refractivity contribution in [2.45, 2.75) is 19.5 Å². The first-order valence-electron chi connectivity index (χ1n) is 6.87. The molecule has 0 saturated heterocycles. The number of aryl methyl sites for hydroxylation is 1. The molecule has 128 valence electrons. The SMILES string of the molecule is Cc1cccc(CC(CNC(=O)COCC(F)(F)F)C(=O)O)c1. The molecule has 8 heteroatoms. The van der Waals surface area contributed by atoms with E-state index in [2.05, 4.69) is 10.1 Å². The van der Waals surface area contributed by atoms with Gasteiger partial charge in [0.2, 0.25) is 5.91 Å². The number of carbonyl (C=O) groups is 2. The highest BCUT2D eigenvalue weighted by Crippen LogP contribution is 2.14. The van der Waals surface area contributed by atoms with Crippen molar-refractivity contribution in [1.82, 2.24) is 5.32 Å². The van der Waals surface area contributed by atoms with Gasteiger partial charge in [0.25, 0.3) is 0 Å². The molecule has 0 bridgehead atoms. The standard InChI is InChI=1S/C15H18F3NO4/c1-10-3-2-4-11(5-10)6-12(14(21)22)7-19-13(20)8-23-9-15(16,17)18/h2-5,12H,6-9H2,1H3,(H,19,20)(H,21,22). The van der Waals surface area contributed by atoms with E-state index in [0.717, 1.165) is 11.1 Å². The summed E-state index contributed by atoms with van der Waals surface area (Å²) in [6.07, 6.45) is -4.30. The first-order chi connectivity index (χ1) is 10.7. The van der Waals surface area contributed by atoms with Crippen molar-refractivity contribution in [2.75, 3.05) is 19.8 Å². The van der Waals surface area contributed by atoms with Gasteiger partial charge in [0, 0.05) is 6.54 Å². The number of carbonyl (C=O) groups excluding carboxylic acids is 1. The van der Waals surface area contributed by atoms with Crippen molar-refractivity contribution in [1.29, 1.82) is 0 Å². The third-order valence-corrected chi connectivity index (χ3v) is 2.96. The number of amides is 1. The second-order valence-electron chi connectivity index (χ2n) is 5.14. The molecule has 1 aromatic rings. The normalized spacial score (nSPS) is 12.7. The van der Waals surface area contributed by atoms with Gasteiger partial charge in [0.1, 0.15) is 13.2 Å². The number of carboxylic acids is 1. The highest BCUT2D eigenvalue weighted by Gasteiger charge is 2.28. The van der Waals surface area contributed by atoms with Crippen molar-refractivity contribution in [3.63, 3.8) is 0 Å². The molecular formula is C15H18F3NO4. The van der Waals surface area contributed by atoms with E-state index in [-0.39, 0.29) is 13.0 Å². The Labute approximate surface area is 131 Å². The van der Waals surface area contributed by atoms with E-state index < -0.39 is 37.2 Å². The molecule has 1 aromatic carbocycles. The van der Waals surface area contributed by atoms with Gasteiger partial charge in [-0.25, -0.2) is 0 Å². The summed E-state index contributed by atoms with van der Waals surface area (Å²) in [6, 6.07) is 7.29. The predicted octanol–water partition coefficient (Wildman–Crippen LogP) is 1.93. The minimum Gasteiger partial charge on any atom is -0.481 e. The summed E-state index contributed by atoms with van der Waals surface area (Å²) in [5, 5.41) is 11.4. The fourth-order valence-electron chi connectivity index (χ4n) is 1.92. The maximum atomic E-state index is 11.9. The Kier molecular flexibility index (Phi) is 7.02. The van der Waals surface area contributed by atoms with Crippen LogP contribution in [0.15, 0.2) is 24.3 Å². The number of hydrogen-bond acceptors (Lipinski definition) is 3. The largest absolute Gasteiger partial charge is 0.481 e. The van der Waals surface area contributed by atoms with Crippen LogP contribution in [0.3, 0.4) is 0 Å². The lowest BCUT2D eigenvalue weighted by Crippen LogP contribution is -2.36. The van der Waals surface area contributed by atoms with Crippen LogP contribution in [-0.2, 0) is 20.7 Å². The molecule has 1 amide bonds. The smallest absolute Gasteiger partial charge is 0.411 e. The molecule has 23 heavy (non-hydrogen) atoms. The van der Waals surface area contributed by atoms with Crippen LogP contribution < -0.4 is 5.32 Å². The number of aliphatic carboxylic acids is 1. The molecule has 5 nitrogen and oxygen atoms in total. The lowest BCUT2D eigenvalue weighted by atomic mass is 9.98. The lowest BCUT2D eigenvalue weighted by Gasteiger charge is -2.14. The van der Waals surface area contributed by atoms with Gasteiger partial charge >= 0.3 is 12.1 Å². The number of ether oxygens (including phenoxy) is 1. The van der Waals surface area contributed by atoms with Crippen molar-refractivity contribution >= 4 is 11.9 Å². The number of nitrogens with one attached hydrogen (secondary N) is 1. The van der Waals surface area contributed by atoms with Crippen molar-refractivity contribution in [3.8, 4) is 0 Å². The number of halogens is 3. The molecule has 0 radical (unpaired) electrons. The monoisotopic (exact) mass is 333 g/mol. The zero-order chi connectivity index (χ0) is 17.5. The van der Waals surface area contributed by atoms with Gasteiger partial charge in [-0.2, -0.15) is 13.2 Å². The maximum absolute atomic E-state index is 11.9. The molecule has 1 rings (SSSR count). The summed E-state index contributed by atoms with van der Waals surface area (Å²) in [7, 11) is 0. The first kappa shape index (κ1) is 19.0. The molecular weight excluding hydrogens is 315 g/mol. The Balaban J connectivity index is 2.44. The fraction of sp³-hybridized carbons (Fsp3) is 0.467. The minimum absolute atomic E-state index is 0.183. The van der Waals surface area contributed by atoms with Crippen LogP contribution in [0.25, 0.3) is 0 Å². The van der Waals surface area contributed by atoms with E-state index in [0.29, 0.717) is 0 Å². The first-order valence-corrected chi connectivity index (χ1v) is 6.87. The molecule has 0 aliphatic carbocycles. The van der Waals surface area contributed by atoms with E-state index in [1.165, 1.54) is 0 Å². The maximum Gasteiger partial charge on any atom is 0.411 e. The quantitative estimate of drug-likeness (QED) is 0.762. The van der Waals surface area contributed by atoms with E-state index in [4.69, 9.17) is 5.11 Å². The zero-order valence-electron chi connectivity index (χ0n) is 12.5. The van der Waals surface area contributed by atoms with Crippen LogP contribution in [0.5, 0.6) is 0 Å². The summed E-state index contributed by atoms with van der Waals surface area (Å²) >= 11 is 0. The van der Waals surface area contributed by atoms with Gasteiger partial charge in [-0.05, 0) is 18.9 Å². The Morgan fingerprint density at radius 1 is 1.35 bits per heavy atom. The molecule has 0 aliphatic heterocycles. The molecule has 0 aliphatic rings. The van der Waals surface area contributed by atoms with Gasteiger partial charge < -0.3 is 15.2 Å². The van der Waals surface area contributed by atoms with E-state index in [1.807, 2.05) is 19.1 Å². The summed E-state index contributed by atoms with van der Waals surface area (Å²) in [6.45, 7) is -0.598.